The number of rotatable bonds is 6. The summed E-state index contributed by atoms with van der Waals surface area (Å²) in [6.07, 6.45) is 8.55. The number of aryl methyl sites for hydroxylation is 3. The standard InChI is InChI=1S/C36H35Cl2N3OS/c1-22-14-16-26(18-23(22)2)40-35(42)34-28-11-6-4-5-7-13-33(28)43-36(34)39-20-29-24(3)41(32-12-9-8-10-27(29)32)21-25-15-17-30(37)31(38)19-25/h8-10,12,14-20H,4-7,11,13,21H2,1-3H3,(H,40,42). The molecule has 5 aromatic rings. The fourth-order valence-electron chi connectivity index (χ4n) is 6.01. The molecule has 0 radical (unpaired) electrons. The second-order valence-corrected chi connectivity index (χ2v) is 13.4. The zero-order chi connectivity index (χ0) is 30.1. The van der Waals surface area contributed by atoms with Crippen molar-refractivity contribution in [2.24, 2.45) is 4.99 Å². The van der Waals surface area contributed by atoms with E-state index in [1.54, 1.807) is 11.3 Å². The molecule has 1 aliphatic carbocycles. The summed E-state index contributed by atoms with van der Waals surface area (Å²) >= 11 is 14.2. The van der Waals surface area contributed by atoms with Crippen LogP contribution in [0.25, 0.3) is 10.9 Å². The molecule has 0 atom stereocenters. The quantitative estimate of drug-likeness (QED) is 0.187. The minimum absolute atomic E-state index is 0.0766. The van der Waals surface area contributed by atoms with E-state index in [2.05, 4.69) is 61.0 Å². The number of para-hydroxylation sites is 1. The number of hydrogen-bond donors (Lipinski definition) is 1. The SMILES string of the molecule is Cc1ccc(NC(=O)c2c(N=Cc3c(C)n(Cc4ccc(Cl)c(Cl)c4)c4ccccc34)sc3c2CCCCCC3)cc1C. The summed E-state index contributed by atoms with van der Waals surface area (Å²) in [6, 6.07) is 20.2. The van der Waals surface area contributed by atoms with Crippen molar-refractivity contribution in [1.82, 2.24) is 4.57 Å². The van der Waals surface area contributed by atoms with E-state index < -0.39 is 0 Å². The molecular formula is C36H35Cl2N3OS. The summed E-state index contributed by atoms with van der Waals surface area (Å²) in [5.41, 5.74) is 9.44. The normalized spacial score (nSPS) is 13.7. The molecule has 43 heavy (non-hydrogen) atoms. The highest BCUT2D eigenvalue weighted by Gasteiger charge is 2.25. The Hall–Kier alpha value is -3.38. The number of thiophene rings is 1. The minimum Gasteiger partial charge on any atom is -0.340 e. The zero-order valence-corrected chi connectivity index (χ0v) is 27.1. The van der Waals surface area contributed by atoms with Crippen molar-refractivity contribution in [1.29, 1.82) is 0 Å². The van der Waals surface area contributed by atoms with E-state index in [0.717, 1.165) is 75.2 Å². The summed E-state index contributed by atoms with van der Waals surface area (Å²) < 4.78 is 2.29. The molecule has 1 N–H and O–H groups in total. The van der Waals surface area contributed by atoms with Crippen LogP contribution in [0, 0.1) is 20.8 Å². The second kappa shape index (κ2) is 12.7. The summed E-state index contributed by atoms with van der Waals surface area (Å²) in [5.74, 6) is -0.0766. The van der Waals surface area contributed by atoms with E-state index in [-0.39, 0.29) is 5.91 Å². The van der Waals surface area contributed by atoms with Gasteiger partial charge < -0.3 is 9.88 Å². The lowest BCUT2D eigenvalue weighted by Gasteiger charge is -2.12. The van der Waals surface area contributed by atoms with Crippen molar-refractivity contribution in [3.8, 4) is 0 Å². The van der Waals surface area contributed by atoms with Crippen molar-refractivity contribution >= 4 is 68.3 Å². The summed E-state index contributed by atoms with van der Waals surface area (Å²) in [5, 5.41) is 6.20. The number of fused-ring (bicyclic) bond motifs is 2. The molecule has 0 bridgehead atoms. The Morgan fingerprint density at radius 2 is 1.72 bits per heavy atom. The van der Waals surface area contributed by atoms with Gasteiger partial charge >= 0.3 is 0 Å². The second-order valence-electron chi connectivity index (χ2n) is 11.5. The molecule has 1 amide bonds. The Morgan fingerprint density at radius 3 is 2.51 bits per heavy atom. The maximum Gasteiger partial charge on any atom is 0.259 e. The van der Waals surface area contributed by atoms with Crippen molar-refractivity contribution in [2.75, 3.05) is 5.32 Å². The number of carbonyl (C=O) groups is 1. The maximum atomic E-state index is 13.9. The number of nitrogens with zero attached hydrogens (tertiary/aromatic N) is 2. The van der Waals surface area contributed by atoms with Gasteiger partial charge in [0.25, 0.3) is 5.91 Å². The number of carbonyl (C=O) groups excluding carboxylic acids is 1. The molecule has 0 unspecified atom stereocenters. The number of nitrogens with one attached hydrogen (secondary N) is 1. The average molecular weight is 629 g/mol. The molecule has 220 valence electrons. The molecule has 1 aliphatic rings. The molecule has 0 fully saturated rings. The Balaban J connectivity index is 1.40. The van der Waals surface area contributed by atoms with Crippen molar-refractivity contribution in [2.45, 2.75) is 65.8 Å². The fraction of sp³-hybridized carbons (Fsp3) is 0.278. The lowest BCUT2D eigenvalue weighted by molar-refractivity contribution is 0.102. The highest BCUT2D eigenvalue weighted by Crippen LogP contribution is 2.40. The third-order valence-electron chi connectivity index (χ3n) is 8.56. The number of anilines is 1. The van der Waals surface area contributed by atoms with Crippen LogP contribution in [0.2, 0.25) is 10.0 Å². The zero-order valence-electron chi connectivity index (χ0n) is 24.8. The van der Waals surface area contributed by atoms with Gasteiger partial charge in [-0.05, 0) is 99.0 Å². The molecule has 7 heteroatoms. The van der Waals surface area contributed by atoms with Gasteiger partial charge in [-0.3, -0.25) is 4.79 Å². The van der Waals surface area contributed by atoms with E-state index in [9.17, 15) is 4.79 Å². The number of hydrogen-bond acceptors (Lipinski definition) is 3. The first kappa shape index (κ1) is 29.7. The van der Waals surface area contributed by atoms with E-state index in [1.807, 2.05) is 36.5 Å². The van der Waals surface area contributed by atoms with E-state index in [1.165, 1.54) is 28.8 Å². The molecule has 0 saturated heterocycles. The average Bonchev–Trinajstić information content (AvgIpc) is 3.44. The van der Waals surface area contributed by atoms with Gasteiger partial charge in [0, 0.05) is 45.5 Å². The first-order chi connectivity index (χ1) is 20.8. The van der Waals surface area contributed by atoms with E-state index in [0.29, 0.717) is 16.6 Å². The number of aliphatic imine (C=N–C) groups is 1. The fourth-order valence-corrected chi connectivity index (χ4v) is 7.56. The number of benzene rings is 3. The van der Waals surface area contributed by atoms with Crippen LogP contribution in [0.1, 0.15) is 74.4 Å². The van der Waals surface area contributed by atoms with Gasteiger partial charge in [-0.1, -0.05) is 66.4 Å². The van der Waals surface area contributed by atoms with Crippen LogP contribution < -0.4 is 5.32 Å². The van der Waals surface area contributed by atoms with Crippen LogP contribution in [-0.2, 0) is 19.4 Å². The topological polar surface area (TPSA) is 46.4 Å². The predicted molar refractivity (Wildman–Crippen MR) is 184 cm³/mol. The van der Waals surface area contributed by atoms with Gasteiger partial charge in [-0.25, -0.2) is 4.99 Å². The first-order valence-corrected chi connectivity index (χ1v) is 16.5. The number of aromatic nitrogens is 1. The number of amides is 1. The summed E-state index contributed by atoms with van der Waals surface area (Å²) in [6.45, 7) is 6.94. The molecule has 2 aromatic heterocycles. The molecule has 0 aliphatic heterocycles. The smallest absolute Gasteiger partial charge is 0.259 e. The summed E-state index contributed by atoms with van der Waals surface area (Å²) in [4.78, 5) is 20.3. The Labute approximate surface area is 267 Å². The van der Waals surface area contributed by atoms with Gasteiger partial charge in [0.15, 0.2) is 0 Å². The van der Waals surface area contributed by atoms with Crippen LogP contribution in [-0.4, -0.2) is 16.7 Å². The molecule has 0 saturated carbocycles. The lowest BCUT2D eigenvalue weighted by atomic mass is 9.96. The van der Waals surface area contributed by atoms with Gasteiger partial charge in [0.1, 0.15) is 5.00 Å². The highest BCUT2D eigenvalue weighted by atomic mass is 35.5. The van der Waals surface area contributed by atoms with Gasteiger partial charge in [0.2, 0.25) is 0 Å². The molecular weight excluding hydrogens is 593 g/mol. The van der Waals surface area contributed by atoms with E-state index >= 15 is 0 Å². The van der Waals surface area contributed by atoms with Crippen molar-refractivity contribution in [3.05, 3.63) is 115 Å². The van der Waals surface area contributed by atoms with Crippen LogP contribution in [0.4, 0.5) is 10.7 Å². The predicted octanol–water partition coefficient (Wildman–Crippen LogP) is 10.6. The molecule has 2 heterocycles. The lowest BCUT2D eigenvalue weighted by Crippen LogP contribution is -2.14. The Morgan fingerprint density at radius 1 is 0.930 bits per heavy atom. The van der Waals surface area contributed by atoms with Gasteiger partial charge in [-0.15, -0.1) is 11.3 Å². The van der Waals surface area contributed by atoms with Crippen LogP contribution in [0.15, 0.2) is 65.7 Å². The highest BCUT2D eigenvalue weighted by molar-refractivity contribution is 7.16. The minimum atomic E-state index is -0.0766. The van der Waals surface area contributed by atoms with Crippen LogP contribution in [0.5, 0.6) is 0 Å². The van der Waals surface area contributed by atoms with Gasteiger partial charge in [0.05, 0.1) is 15.6 Å². The van der Waals surface area contributed by atoms with Crippen molar-refractivity contribution < 1.29 is 4.79 Å². The monoisotopic (exact) mass is 627 g/mol. The third kappa shape index (κ3) is 6.17. The van der Waals surface area contributed by atoms with Crippen LogP contribution in [0.3, 0.4) is 0 Å². The maximum absolute atomic E-state index is 13.9. The molecule has 3 aromatic carbocycles. The largest absolute Gasteiger partial charge is 0.340 e. The van der Waals surface area contributed by atoms with E-state index in [4.69, 9.17) is 28.2 Å². The molecule has 0 spiro atoms. The third-order valence-corrected chi connectivity index (χ3v) is 10.5. The molecule has 6 rings (SSSR count). The first-order valence-electron chi connectivity index (χ1n) is 14.9. The molecule has 4 nitrogen and oxygen atoms in total. The Bertz CT molecular complexity index is 1870. The van der Waals surface area contributed by atoms with Gasteiger partial charge in [-0.2, -0.15) is 0 Å². The Kier molecular flexibility index (Phi) is 8.76. The summed E-state index contributed by atoms with van der Waals surface area (Å²) in [7, 11) is 0. The number of halogens is 2. The van der Waals surface area contributed by atoms with Crippen molar-refractivity contribution in [3.63, 3.8) is 0 Å². The van der Waals surface area contributed by atoms with Crippen LogP contribution >= 0.6 is 34.5 Å².